The highest BCUT2D eigenvalue weighted by atomic mass is 17.2. The zero-order valence-corrected chi connectivity index (χ0v) is 19.5. The topological polar surface area (TPSA) is 18.5 Å². The SMILES string of the molecule is CCCCC(CCCC)C(C)(C)OOC(C)(C)C(CCCC)CCCC. The van der Waals surface area contributed by atoms with Gasteiger partial charge in [-0.1, -0.05) is 79.1 Å². The van der Waals surface area contributed by atoms with Gasteiger partial charge in [0.25, 0.3) is 0 Å². The van der Waals surface area contributed by atoms with E-state index in [1.807, 2.05) is 0 Å². The molecule has 0 bridgehead atoms. The van der Waals surface area contributed by atoms with Crippen molar-refractivity contribution in [3.05, 3.63) is 0 Å². The van der Waals surface area contributed by atoms with Crippen LogP contribution < -0.4 is 0 Å². The third-order valence-electron chi connectivity index (χ3n) is 6.06. The molecule has 0 aliphatic heterocycles. The van der Waals surface area contributed by atoms with Crippen LogP contribution in [-0.4, -0.2) is 11.2 Å². The molecule has 158 valence electrons. The van der Waals surface area contributed by atoms with E-state index in [1.165, 1.54) is 77.0 Å². The zero-order chi connectivity index (χ0) is 20.1. The molecule has 2 nitrogen and oxygen atoms in total. The highest BCUT2D eigenvalue weighted by molar-refractivity contribution is 4.81. The zero-order valence-electron chi connectivity index (χ0n) is 19.5. The van der Waals surface area contributed by atoms with Crippen molar-refractivity contribution in [3.8, 4) is 0 Å². The first kappa shape index (κ1) is 25.9. The smallest absolute Gasteiger partial charge is 0.101 e. The highest BCUT2D eigenvalue weighted by Gasteiger charge is 2.36. The van der Waals surface area contributed by atoms with Crippen molar-refractivity contribution in [3.63, 3.8) is 0 Å². The maximum Gasteiger partial charge on any atom is 0.101 e. The second-order valence-electron chi connectivity index (χ2n) is 9.34. The molecule has 0 heterocycles. The summed E-state index contributed by atoms with van der Waals surface area (Å²) in [5.41, 5.74) is -0.441. The number of hydrogen-bond donors (Lipinski definition) is 0. The molecule has 0 aliphatic carbocycles. The van der Waals surface area contributed by atoms with Gasteiger partial charge in [0.2, 0.25) is 0 Å². The molecule has 0 aromatic rings. The van der Waals surface area contributed by atoms with E-state index >= 15 is 0 Å². The van der Waals surface area contributed by atoms with E-state index in [1.54, 1.807) is 0 Å². The molecule has 0 unspecified atom stereocenters. The van der Waals surface area contributed by atoms with E-state index in [9.17, 15) is 0 Å². The molecule has 26 heavy (non-hydrogen) atoms. The van der Waals surface area contributed by atoms with E-state index in [2.05, 4.69) is 55.4 Å². The van der Waals surface area contributed by atoms with Gasteiger partial charge in [0.15, 0.2) is 0 Å². The molecule has 2 heteroatoms. The molecule has 0 aromatic heterocycles. The van der Waals surface area contributed by atoms with Crippen LogP contribution in [-0.2, 0) is 9.78 Å². The van der Waals surface area contributed by atoms with Gasteiger partial charge in [0.1, 0.15) is 11.2 Å². The quantitative estimate of drug-likeness (QED) is 0.189. The molecule has 0 amide bonds. The molecule has 0 aromatic carbocycles. The molecule has 0 atom stereocenters. The summed E-state index contributed by atoms with van der Waals surface area (Å²) in [6, 6.07) is 0. The molecule has 0 N–H and O–H groups in total. The first-order valence-corrected chi connectivity index (χ1v) is 11.6. The monoisotopic (exact) mass is 370 g/mol. The molecule has 0 saturated heterocycles. The average molecular weight is 371 g/mol. The van der Waals surface area contributed by atoms with Crippen molar-refractivity contribution in [2.45, 2.75) is 144 Å². The Morgan fingerprint density at radius 3 is 0.923 bits per heavy atom. The van der Waals surface area contributed by atoms with E-state index in [0.29, 0.717) is 11.8 Å². The fourth-order valence-electron chi connectivity index (χ4n) is 3.83. The molecule has 0 radical (unpaired) electrons. The van der Waals surface area contributed by atoms with Crippen LogP contribution in [0, 0.1) is 11.8 Å². The van der Waals surface area contributed by atoms with Crippen LogP contribution in [0.3, 0.4) is 0 Å². The third kappa shape index (κ3) is 10.3. The number of hydrogen-bond acceptors (Lipinski definition) is 2. The van der Waals surface area contributed by atoms with Crippen LogP contribution >= 0.6 is 0 Å². The van der Waals surface area contributed by atoms with Crippen LogP contribution in [0.25, 0.3) is 0 Å². The van der Waals surface area contributed by atoms with Gasteiger partial charge in [-0.3, -0.25) is 0 Å². The van der Waals surface area contributed by atoms with Crippen LogP contribution in [0.1, 0.15) is 132 Å². The fourth-order valence-corrected chi connectivity index (χ4v) is 3.83. The van der Waals surface area contributed by atoms with Crippen molar-refractivity contribution in [2.75, 3.05) is 0 Å². The summed E-state index contributed by atoms with van der Waals surface area (Å²) >= 11 is 0. The van der Waals surface area contributed by atoms with Crippen molar-refractivity contribution >= 4 is 0 Å². The standard InChI is InChI=1S/C24H50O2/c1-9-13-17-21(18-14-10-2)23(5,6)25-26-24(7,8)22(19-15-11-3)20-16-12-4/h21-22H,9-20H2,1-8H3. The predicted octanol–water partition coefficient (Wildman–Crippen LogP) is 8.49. The van der Waals surface area contributed by atoms with E-state index in [0.717, 1.165) is 0 Å². The summed E-state index contributed by atoms with van der Waals surface area (Å²) in [5.74, 6) is 1.14. The third-order valence-corrected chi connectivity index (χ3v) is 6.06. The summed E-state index contributed by atoms with van der Waals surface area (Å²) in [6.07, 6.45) is 15.1. The van der Waals surface area contributed by atoms with Gasteiger partial charge in [-0.2, -0.15) is 0 Å². The molecule has 0 spiro atoms. The maximum atomic E-state index is 6.19. The van der Waals surface area contributed by atoms with Gasteiger partial charge in [0, 0.05) is 0 Å². The van der Waals surface area contributed by atoms with Gasteiger partial charge in [-0.25, -0.2) is 9.78 Å². The van der Waals surface area contributed by atoms with Crippen molar-refractivity contribution < 1.29 is 9.78 Å². The van der Waals surface area contributed by atoms with E-state index < -0.39 is 0 Å². The van der Waals surface area contributed by atoms with Gasteiger partial charge in [-0.05, 0) is 65.2 Å². The van der Waals surface area contributed by atoms with Gasteiger partial charge < -0.3 is 0 Å². The Morgan fingerprint density at radius 2 is 0.731 bits per heavy atom. The van der Waals surface area contributed by atoms with Crippen molar-refractivity contribution in [2.24, 2.45) is 11.8 Å². The summed E-state index contributed by atoms with van der Waals surface area (Å²) < 4.78 is 0. The second kappa shape index (κ2) is 14.0. The van der Waals surface area contributed by atoms with Crippen LogP contribution in [0.15, 0.2) is 0 Å². The lowest BCUT2D eigenvalue weighted by Crippen LogP contribution is -2.41. The summed E-state index contributed by atoms with van der Waals surface area (Å²) in [4.78, 5) is 12.4. The van der Waals surface area contributed by atoms with Crippen LogP contribution in [0.4, 0.5) is 0 Å². The summed E-state index contributed by atoms with van der Waals surface area (Å²) in [6.45, 7) is 18.0. The molecule has 0 fully saturated rings. The molecule has 0 saturated carbocycles. The molecule has 0 aliphatic rings. The van der Waals surface area contributed by atoms with Gasteiger partial charge in [-0.15, -0.1) is 0 Å². The Morgan fingerprint density at radius 1 is 0.500 bits per heavy atom. The fraction of sp³-hybridized carbons (Fsp3) is 1.00. The van der Waals surface area contributed by atoms with Crippen molar-refractivity contribution in [1.82, 2.24) is 0 Å². The lowest BCUT2D eigenvalue weighted by molar-refractivity contribution is -0.419. The lowest BCUT2D eigenvalue weighted by Gasteiger charge is -2.39. The summed E-state index contributed by atoms with van der Waals surface area (Å²) in [7, 11) is 0. The lowest BCUT2D eigenvalue weighted by atomic mass is 9.82. The van der Waals surface area contributed by atoms with Gasteiger partial charge in [0.05, 0.1) is 0 Å². The van der Waals surface area contributed by atoms with Crippen LogP contribution in [0.5, 0.6) is 0 Å². The molecular weight excluding hydrogens is 320 g/mol. The Labute approximate surface area is 165 Å². The maximum absolute atomic E-state index is 6.19. The van der Waals surface area contributed by atoms with E-state index in [-0.39, 0.29) is 11.2 Å². The molecule has 0 rings (SSSR count). The summed E-state index contributed by atoms with van der Waals surface area (Å²) in [5, 5.41) is 0. The first-order chi connectivity index (χ1) is 12.2. The number of unbranched alkanes of at least 4 members (excludes halogenated alkanes) is 4. The van der Waals surface area contributed by atoms with E-state index in [4.69, 9.17) is 9.78 Å². The molecular formula is C24H50O2. The van der Waals surface area contributed by atoms with Crippen molar-refractivity contribution in [1.29, 1.82) is 0 Å². The Bertz CT molecular complexity index is 274. The Kier molecular flexibility index (Phi) is 14.0. The average Bonchev–Trinajstić information content (AvgIpc) is 2.60. The Hall–Kier alpha value is -0.0800. The van der Waals surface area contributed by atoms with Gasteiger partial charge >= 0.3 is 0 Å². The highest BCUT2D eigenvalue weighted by Crippen LogP contribution is 2.36. The minimum absolute atomic E-state index is 0.221. The predicted molar refractivity (Wildman–Crippen MR) is 115 cm³/mol. The minimum atomic E-state index is -0.221. The first-order valence-electron chi connectivity index (χ1n) is 11.6. The Balaban J connectivity index is 4.89. The number of rotatable bonds is 17. The normalized spacial score (nSPS) is 13.2. The largest absolute Gasteiger partial charge is 0.230 e. The minimum Gasteiger partial charge on any atom is -0.230 e. The second-order valence-corrected chi connectivity index (χ2v) is 9.34. The van der Waals surface area contributed by atoms with Crippen LogP contribution in [0.2, 0.25) is 0 Å².